The third-order valence-corrected chi connectivity index (χ3v) is 4.70. The molecule has 0 aromatic carbocycles. The predicted octanol–water partition coefficient (Wildman–Crippen LogP) is 0.478. The van der Waals surface area contributed by atoms with Crippen LogP contribution in [-0.2, 0) is 18.4 Å². The van der Waals surface area contributed by atoms with E-state index in [1.54, 1.807) is 0 Å². The van der Waals surface area contributed by atoms with Gasteiger partial charge in [-0.25, -0.2) is 0 Å². The van der Waals surface area contributed by atoms with E-state index >= 15 is 0 Å². The van der Waals surface area contributed by atoms with Crippen LogP contribution in [0.1, 0.15) is 34.1 Å². The fraction of sp³-hybridized carbons (Fsp3) is 0.455. The predicted molar refractivity (Wildman–Crippen MR) is 72.8 cm³/mol. The van der Waals surface area contributed by atoms with Crippen molar-refractivity contribution in [1.82, 2.24) is 0 Å². The average Bonchev–Trinajstić information content (AvgIpc) is 2.15. The fourth-order valence-electron chi connectivity index (χ4n) is 0.822. The monoisotopic (exact) mass is 272 g/mol. The minimum atomic E-state index is -0.979. The molecule has 4 nitrogen and oxygen atoms in total. The summed E-state index contributed by atoms with van der Waals surface area (Å²) in [5.41, 5.74) is 6.09. The van der Waals surface area contributed by atoms with Crippen LogP contribution in [0.3, 0.4) is 0 Å². The molecule has 0 bridgehead atoms. The van der Waals surface area contributed by atoms with Gasteiger partial charge in [0, 0.05) is 0 Å². The number of allylic oxidation sites excluding steroid dienone is 2. The van der Waals surface area contributed by atoms with Crippen LogP contribution in [0.25, 0.3) is 0 Å². The summed E-state index contributed by atoms with van der Waals surface area (Å²) < 4.78 is 9.95. The van der Waals surface area contributed by atoms with E-state index in [4.69, 9.17) is 8.85 Å². The van der Waals surface area contributed by atoms with Gasteiger partial charge in [-0.1, -0.05) is 22.5 Å². The molecule has 0 spiro atoms. The van der Waals surface area contributed by atoms with Crippen LogP contribution in [0.2, 0.25) is 0 Å². The van der Waals surface area contributed by atoms with Crippen molar-refractivity contribution < 1.29 is 18.4 Å². The third-order valence-electron chi connectivity index (χ3n) is 1.76. The molecule has 96 valence electrons. The zero-order chi connectivity index (χ0) is 13.3. The molecule has 17 heavy (non-hydrogen) atoms. The lowest BCUT2D eigenvalue weighted by Crippen LogP contribution is -2.16. The van der Waals surface area contributed by atoms with E-state index < -0.39 is 31.5 Å². The summed E-state index contributed by atoms with van der Waals surface area (Å²) in [7, 11) is -1.96. The molecule has 0 rings (SSSR count). The first-order valence-corrected chi connectivity index (χ1v) is 8.28. The molecule has 0 N–H and O–H groups in total. The smallest absolute Gasteiger partial charge is 0.303 e. The maximum Gasteiger partial charge on any atom is 0.303 e. The maximum atomic E-state index is 11.2. The average molecular weight is 272 g/mol. The van der Waals surface area contributed by atoms with Crippen LogP contribution in [0.4, 0.5) is 0 Å². The van der Waals surface area contributed by atoms with Gasteiger partial charge in [0.1, 0.15) is 6.42 Å². The molecule has 0 amide bonds. The summed E-state index contributed by atoms with van der Waals surface area (Å²) in [6.07, 6.45) is -0.271. The Hall–Kier alpha value is -1.15. The molecule has 0 aromatic heterocycles. The zero-order valence-corrected chi connectivity index (χ0v) is 13.7. The molecule has 0 heterocycles. The highest BCUT2D eigenvalue weighted by molar-refractivity contribution is 6.39. The number of hydrogen-bond donors (Lipinski definition) is 0. The minimum absolute atomic E-state index is 0.271. The highest BCUT2D eigenvalue weighted by atomic mass is 28.2. The molecule has 0 aromatic rings. The van der Waals surface area contributed by atoms with Crippen molar-refractivity contribution in [2.45, 2.75) is 34.1 Å². The highest BCUT2D eigenvalue weighted by Gasteiger charge is 2.10. The Kier molecular flexibility index (Phi) is 8.34. The summed E-state index contributed by atoms with van der Waals surface area (Å²) in [5, 5.41) is 0. The second kappa shape index (κ2) is 8.94. The van der Waals surface area contributed by atoms with E-state index in [0.717, 1.165) is 11.1 Å². The minimum Gasteiger partial charge on any atom is -0.521 e. The molecule has 0 aliphatic rings. The molecular weight excluding hydrogens is 252 g/mol. The largest absolute Gasteiger partial charge is 0.521 e. The number of hydrogen-bond acceptors (Lipinski definition) is 4. The zero-order valence-electron chi connectivity index (χ0n) is 10.9. The Bertz CT molecular complexity index is 294. The van der Waals surface area contributed by atoms with Gasteiger partial charge >= 0.3 is 11.9 Å². The van der Waals surface area contributed by atoms with Crippen LogP contribution in [0.15, 0.2) is 22.5 Å². The topological polar surface area (TPSA) is 52.6 Å². The molecule has 0 fully saturated rings. The molecule has 0 unspecified atom stereocenters. The van der Waals surface area contributed by atoms with Crippen molar-refractivity contribution in [3.05, 3.63) is 22.5 Å². The SMILES string of the molecule is CC(C)=C[SiH2]OC(=O)CC(=O)O[SiH2]C=C(C)C. The second-order valence-electron chi connectivity index (χ2n) is 4.11. The molecule has 0 saturated heterocycles. The van der Waals surface area contributed by atoms with Gasteiger partial charge in [-0.05, 0) is 27.7 Å². The van der Waals surface area contributed by atoms with Gasteiger partial charge in [0.05, 0.1) is 0 Å². The number of carbonyl (C=O) groups excluding carboxylic acids is 2. The van der Waals surface area contributed by atoms with Gasteiger partial charge in [0.15, 0.2) is 0 Å². The van der Waals surface area contributed by atoms with Gasteiger partial charge in [-0.15, -0.1) is 0 Å². The summed E-state index contributed by atoms with van der Waals surface area (Å²) in [6, 6.07) is 0. The first kappa shape index (κ1) is 15.9. The molecule has 0 aliphatic carbocycles. The third kappa shape index (κ3) is 11.1. The summed E-state index contributed by atoms with van der Waals surface area (Å²) >= 11 is 0. The van der Waals surface area contributed by atoms with Crippen LogP contribution in [-0.4, -0.2) is 31.5 Å². The normalized spacial score (nSPS) is 10.6. The van der Waals surface area contributed by atoms with Crippen molar-refractivity contribution in [3.8, 4) is 0 Å². The van der Waals surface area contributed by atoms with Gasteiger partial charge < -0.3 is 8.85 Å². The quantitative estimate of drug-likeness (QED) is 0.521. The fourth-order valence-corrected chi connectivity index (χ4v) is 2.23. The highest BCUT2D eigenvalue weighted by Crippen LogP contribution is 1.93. The summed E-state index contributed by atoms with van der Waals surface area (Å²) in [6.45, 7) is 7.78. The molecule has 0 atom stereocenters. The van der Waals surface area contributed by atoms with Crippen LogP contribution >= 0.6 is 0 Å². The lowest BCUT2D eigenvalue weighted by molar-refractivity contribution is -0.144. The first-order valence-electron chi connectivity index (χ1n) is 5.49. The van der Waals surface area contributed by atoms with E-state index in [1.165, 1.54) is 0 Å². The maximum absolute atomic E-state index is 11.2. The van der Waals surface area contributed by atoms with Gasteiger partial charge in [0.2, 0.25) is 19.5 Å². The second-order valence-corrected chi connectivity index (χ2v) is 6.17. The first-order chi connectivity index (χ1) is 7.91. The van der Waals surface area contributed by atoms with E-state index in [-0.39, 0.29) is 6.42 Å². The number of carbonyl (C=O) groups is 2. The molecule has 6 heteroatoms. The van der Waals surface area contributed by atoms with Crippen molar-refractivity contribution in [2.75, 3.05) is 0 Å². The van der Waals surface area contributed by atoms with Crippen LogP contribution in [0.5, 0.6) is 0 Å². The van der Waals surface area contributed by atoms with E-state index in [1.807, 2.05) is 39.1 Å². The Morgan fingerprint density at radius 3 is 1.53 bits per heavy atom. The Morgan fingerprint density at radius 2 is 1.24 bits per heavy atom. The Balaban J connectivity index is 3.77. The van der Waals surface area contributed by atoms with Crippen molar-refractivity contribution in [3.63, 3.8) is 0 Å². The Morgan fingerprint density at radius 1 is 0.882 bits per heavy atom. The van der Waals surface area contributed by atoms with Crippen LogP contribution in [0, 0.1) is 0 Å². The molecule has 0 radical (unpaired) electrons. The molecule has 0 saturated carbocycles. The van der Waals surface area contributed by atoms with Crippen molar-refractivity contribution >= 4 is 31.5 Å². The number of rotatable bonds is 6. The molecule has 0 aliphatic heterocycles. The van der Waals surface area contributed by atoms with Gasteiger partial charge in [0.25, 0.3) is 0 Å². The van der Waals surface area contributed by atoms with E-state index in [9.17, 15) is 9.59 Å². The van der Waals surface area contributed by atoms with Gasteiger partial charge in [-0.3, -0.25) is 9.59 Å². The van der Waals surface area contributed by atoms with Crippen LogP contribution < -0.4 is 0 Å². The summed E-state index contributed by atoms with van der Waals surface area (Å²) in [5.74, 6) is -0.962. The van der Waals surface area contributed by atoms with E-state index in [2.05, 4.69) is 0 Å². The van der Waals surface area contributed by atoms with Crippen molar-refractivity contribution in [2.24, 2.45) is 0 Å². The lowest BCUT2D eigenvalue weighted by atomic mass is 10.4. The van der Waals surface area contributed by atoms with E-state index in [0.29, 0.717) is 0 Å². The Labute approximate surface area is 107 Å². The lowest BCUT2D eigenvalue weighted by Gasteiger charge is -2.03. The van der Waals surface area contributed by atoms with Crippen molar-refractivity contribution in [1.29, 1.82) is 0 Å². The van der Waals surface area contributed by atoms with Gasteiger partial charge in [-0.2, -0.15) is 0 Å². The molecular formula is C11H20O4Si2. The standard InChI is InChI=1S/C11H20O4Si2/c1-8(2)6-16-14-10(12)5-11(13)15-17-7-9(3)4/h6-7H,5,16-17H2,1-4H3. The summed E-state index contributed by atoms with van der Waals surface area (Å²) in [4.78, 5) is 22.4.